The number of hydrogen-bond acceptors (Lipinski definition) is 4. The standard InChI is InChI=1S/C32H42ClN3O3/c1-19(2)36(20(3)4)29(37)17-23-16-26-28(18-27(23)33)35-32(38)30(24-14-21(5)13-22(6)15-24)31(26)39-12-10-25-9-7-8-11-34-25/h13-16,18-20,25,34H,7-12,17H2,1-6H3,(H,35,38). The topological polar surface area (TPSA) is 74.4 Å². The highest BCUT2D eigenvalue weighted by atomic mass is 35.5. The molecular weight excluding hydrogens is 510 g/mol. The molecule has 0 saturated carbocycles. The number of ether oxygens (including phenoxy) is 1. The number of halogens is 1. The fourth-order valence-corrected chi connectivity index (χ4v) is 6.13. The number of amides is 1. The maximum Gasteiger partial charge on any atom is 0.260 e. The quantitative estimate of drug-likeness (QED) is 0.315. The number of piperidine rings is 1. The molecule has 1 atom stereocenters. The SMILES string of the molecule is Cc1cc(C)cc(-c2c(OCCC3CCCCN3)c3cc(CC(=O)N(C(C)C)C(C)C)c(Cl)cc3[nH]c2=O)c1. The minimum atomic E-state index is -0.219. The number of carbonyl (C=O) groups is 1. The van der Waals surface area contributed by atoms with Gasteiger partial charge >= 0.3 is 0 Å². The highest BCUT2D eigenvalue weighted by Gasteiger charge is 2.23. The van der Waals surface area contributed by atoms with Crippen molar-refractivity contribution in [3.63, 3.8) is 0 Å². The van der Waals surface area contributed by atoms with Gasteiger partial charge in [0, 0.05) is 28.5 Å². The van der Waals surface area contributed by atoms with Gasteiger partial charge in [0.2, 0.25) is 5.91 Å². The zero-order valence-electron chi connectivity index (χ0n) is 24.1. The van der Waals surface area contributed by atoms with E-state index in [1.165, 1.54) is 12.8 Å². The molecule has 3 aromatic rings. The fraction of sp³-hybridized carbons (Fsp3) is 0.500. The van der Waals surface area contributed by atoms with Gasteiger partial charge in [-0.2, -0.15) is 0 Å². The Bertz CT molecular complexity index is 1360. The Morgan fingerprint density at radius 3 is 2.36 bits per heavy atom. The molecule has 1 unspecified atom stereocenters. The van der Waals surface area contributed by atoms with Gasteiger partial charge in [-0.1, -0.05) is 47.3 Å². The number of aromatic amines is 1. The minimum absolute atomic E-state index is 0.0195. The molecule has 2 heterocycles. The Morgan fingerprint density at radius 1 is 1.05 bits per heavy atom. The molecule has 4 rings (SSSR count). The summed E-state index contributed by atoms with van der Waals surface area (Å²) >= 11 is 6.68. The summed E-state index contributed by atoms with van der Waals surface area (Å²) in [6.45, 7) is 13.7. The lowest BCUT2D eigenvalue weighted by atomic mass is 9.98. The van der Waals surface area contributed by atoms with Crippen molar-refractivity contribution in [1.82, 2.24) is 15.2 Å². The molecule has 0 spiro atoms. The molecule has 1 amide bonds. The van der Waals surface area contributed by atoms with Crippen molar-refractivity contribution in [3.8, 4) is 16.9 Å². The maximum absolute atomic E-state index is 13.5. The second-order valence-electron chi connectivity index (χ2n) is 11.5. The average molecular weight is 552 g/mol. The summed E-state index contributed by atoms with van der Waals surface area (Å²) in [6.07, 6.45) is 4.60. The number of hydrogen-bond donors (Lipinski definition) is 2. The van der Waals surface area contributed by atoms with Gasteiger partial charge in [-0.05, 0) is 90.6 Å². The van der Waals surface area contributed by atoms with Crippen LogP contribution in [0.4, 0.5) is 0 Å². The van der Waals surface area contributed by atoms with E-state index in [0.717, 1.165) is 47.0 Å². The lowest BCUT2D eigenvalue weighted by Crippen LogP contribution is -2.42. The Labute approximate surface area is 237 Å². The van der Waals surface area contributed by atoms with E-state index in [0.29, 0.717) is 34.5 Å². The number of aromatic nitrogens is 1. The number of rotatable bonds is 9. The van der Waals surface area contributed by atoms with Gasteiger partial charge in [-0.3, -0.25) is 9.59 Å². The molecular formula is C32H42ClN3O3. The number of nitrogens with one attached hydrogen (secondary N) is 2. The van der Waals surface area contributed by atoms with E-state index in [2.05, 4.69) is 16.4 Å². The second kappa shape index (κ2) is 12.6. The molecule has 1 aliphatic rings. The van der Waals surface area contributed by atoms with E-state index >= 15 is 0 Å². The number of fused-ring (bicyclic) bond motifs is 1. The summed E-state index contributed by atoms with van der Waals surface area (Å²) in [5.41, 5.74) is 4.58. The molecule has 0 bridgehead atoms. The number of H-pyrrole nitrogens is 1. The molecule has 7 heteroatoms. The average Bonchev–Trinajstić information content (AvgIpc) is 2.84. The van der Waals surface area contributed by atoms with Crippen molar-refractivity contribution < 1.29 is 9.53 Å². The summed E-state index contributed by atoms with van der Waals surface area (Å²) in [5.74, 6) is 0.565. The predicted octanol–water partition coefficient (Wildman–Crippen LogP) is 6.56. The number of aryl methyl sites for hydroxylation is 2. The third-order valence-electron chi connectivity index (χ3n) is 7.51. The zero-order chi connectivity index (χ0) is 28.3. The lowest BCUT2D eigenvalue weighted by molar-refractivity contribution is -0.134. The summed E-state index contributed by atoms with van der Waals surface area (Å²) in [6, 6.07) is 10.4. The summed E-state index contributed by atoms with van der Waals surface area (Å²) < 4.78 is 6.49. The molecule has 39 heavy (non-hydrogen) atoms. The normalized spacial score (nSPS) is 15.8. The Balaban J connectivity index is 1.80. The Hall–Kier alpha value is -2.83. The third kappa shape index (κ3) is 6.85. The van der Waals surface area contributed by atoms with Crippen LogP contribution < -0.4 is 15.6 Å². The van der Waals surface area contributed by atoms with Crippen LogP contribution in [0, 0.1) is 13.8 Å². The molecule has 1 aromatic heterocycles. The molecule has 1 saturated heterocycles. The Morgan fingerprint density at radius 2 is 1.74 bits per heavy atom. The number of nitrogens with zero attached hydrogens (tertiary/aromatic N) is 1. The zero-order valence-corrected chi connectivity index (χ0v) is 24.9. The summed E-state index contributed by atoms with van der Waals surface area (Å²) in [7, 11) is 0. The van der Waals surface area contributed by atoms with Crippen molar-refractivity contribution in [2.24, 2.45) is 0 Å². The van der Waals surface area contributed by atoms with Crippen molar-refractivity contribution in [3.05, 3.63) is 62.4 Å². The first-order chi connectivity index (χ1) is 18.5. The molecule has 2 N–H and O–H groups in total. The van der Waals surface area contributed by atoms with E-state index in [4.69, 9.17) is 16.3 Å². The molecule has 0 aliphatic carbocycles. The van der Waals surface area contributed by atoms with E-state index < -0.39 is 0 Å². The van der Waals surface area contributed by atoms with Gasteiger partial charge in [0.1, 0.15) is 5.75 Å². The molecule has 210 valence electrons. The third-order valence-corrected chi connectivity index (χ3v) is 7.86. The van der Waals surface area contributed by atoms with Crippen molar-refractivity contribution >= 4 is 28.4 Å². The van der Waals surface area contributed by atoms with Crippen LogP contribution in [0.1, 0.15) is 70.1 Å². The Kier molecular flexibility index (Phi) is 9.39. The first-order valence-electron chi connectivity index (χ1n) is 14.2. The highest BCUT2D eigenvalue weighted by Crippen LogP contribution is 2.37. The lowest BCUT2D eigenvalue weighted by Gasteiger charge is -2.31. The van der Waals surface area contributed by atoms with E-state index in [1.807, 2.05) is 64.6 Å². The number of carbonyl (C=O) groups excluding carboxylic acids is 1. The van der Waals surface area contributed by atoms with Crippen LogP contribution in [0.15, 0.2) is 35.1 Å². The first kappa shape index (κ1) is 29.2. The predicted molar refractivity (Wildman–Crippen MR) is 161 cm³/mol. The number of pyridine rings is 1. The summed E-state index contributed by atoms with van der Waals surface area (Å²) in [4.78, 5) is 31.7. The molecule has 0 radical (unpaired) electrons. The van der Waals surface area contributed by atoms with Gasteiger partial charge in [-0.15, -0.1) is 0 Å². The van der Waals surface area contributed by atoms with Crippen LogP contribution in [0.2, 0.25) is 5.02 Å². The molecule has 2 aromatic carbocycles. The summed E-state index contributed by atoms with van der Waals surface area (Å²) in [5, 5.41) is 4.79. The van der Waals surface area contributed by atoms with Gasteiger partial charge in [-0.25, -0.2) is 0 Å². The smallest absolute Gasteiger partial charge is 0.260 e. The highest BCUT2D eigenvalue weighted by molar-refractivity contribution is 6.32. The van der Waals surface area contributed by atoms with Gasteiger partial charge in [0.05, 0.1) is 24.1 Å². The molecule has 6 nitrogen and oxygen atoms in total. The van der Waals surface area contributed by atoms with E-state index in [-0.39, 0.29) is 30.0 Å². The van der Waals surface area contributed by atoms with E-state index in [9.17, 15) is 9.59 Å². The largest absolute Gasteiger partial charge is 0.492 e. The van der Waals surface area contributed by atoms with Gasteiger partial charge < -0.3 is 19.9 Å². The second-order valence-corrected chi connectivity index (χ2v) is 11.9. The maximum atomic E-state index is 13.5. The van der Waals surface area contributed by atoms with Crippen LogP contribution in [-0.4, -0.2) is 47.1 Å². The molecule has 1 aliphatic heterocycles. The van der Waals surface area contributed by atoms with Crippen molar-refractivity contribution in [2.45, 2.75) is 91.8 Å². The van der Waals surface area contributed by atoms with Crippen LogP contribution in [0.25, 0.3) is 22.0 Å². The monoisotopic (exact) mass is 551 g/mol. The molecule has 1 fully saturated rings. The van der Waals surface area contributed by atoms with Gasteiger partial charge in [0.15, 0.2) is 0 Å². The van der Waals surface area contributed by atoms with Crippen LogP contribution >= 0.6 is 11.6 Å². The van der Waals surface area contributed by atoms with Crippen LogP contribution in [0.5, 0.6) is 5.75 Å². The first-order valence-corrected chi connectivity index (χ1v) is 14.6. The fourth-order valence-electron chi connectivity index (χ4n) is 5.90. The number of benzene rings is 2. The van der Waals surface area contributed by atoms with E-state index in [1.54, 1.807) is 6.07 Å². The van der Waals surface area contributed by atoms with Crippen molar-refractivity contribution in [2.75, 3.05) is 13.2 Å². The van der Waals surface area contributed by atoms with Crippen molar-refractivity contribution in [1.29, 1.82) is 0 Å². The van der Waals surface area contributed by atoms with Crippen LogP contribution in [0.3, 0.4) is 0 Å². The van der Waals surface area contributed by atoms with Gasteiger partial charge in [0.25, 0.3) is 5.56 Å². The minimum Gasteiger partial charge on any atom is -0.492 e. The van der Waals surface area contributed by atoms with Crippen LogP contribution in [-0.2, 0) is 11.2 Å².